The van der Waals surface area contributed by atoms with Crippen molar-refractivity contribution in [2.45, 2.75) is 32.6 Å². The summed E-state index contributed by atoms with van der Waals surface area (Å²) in [6, 6.07) is 0. The summed E-state index contributed by atoms with van der Waals surface area (Å²) in [7, 11) is 1.46. The third-order valence-corrected chi connectivity index (χ3v) is 3.18. The molecular formula is C11H20F2N2O. The minimum atomic E-state index is -2.46. The van der Waals surface area contributed by atoms with E-state index in [2.05, 4.69) is 5.32 Å². The molecule has 0 aromatic rings. The van der Waals surface area contributed by atoms with Crippen LogP contribution in [0.1, 0.15) is 26.2 Å². The highest BCUT2D eigenvalue weighted by Crippen LogP contribution is 2.33. The average Bonchev–Trinajstić information content (AvgIpc) is 2.66. The van der Waals surface area contributed by atoms with Gasteiger partial charge >= 0.3 is 0 Å². The van der Waals surface area contributed by atoms with Gasteiger partial charge in [0.1, 0.15) is 0 Å². The predicted octanol–water partition coefficient (Wildman–Crippen LogP) is 1.49. The molecule has 94 valence electrons. The molecule has 1 heterocycles. The van der Waals surface area contributed by atoms with Crippen LogP contribution < -0.4 is 5.32 Å². The first-order chi connectivity index (χ1) is 7.52. The van der Waals surface area contributed by atoms with Gasteiger partial charge in [0.25, 0.3) is 6.43 Å². The molecule has 0 spiro atoms. The molecule has 1 saturated heterocycles. The number of hydrogen-bond acceptors (Lipinski definition) is 2. The van der Waals surface area contributed by atoms with Gasteiger partial charge in [-0.05, 0) is 19.4 Å². The Morgan fingerprint density at radius 2 is 2.25 bits per heavy atom. The molecule has 16 heavy (non-hydrogen) atoms. The molecule has 0 aromatic carbocycles. The molecule has 0 aromatic heterocycles. The van der Waals surface area contributed by atoms with Crippen molar-refractivity contribution in [3.8, 4) is 0 Å². The minimum absolute atomic E-state index is 0.139. The maximum absolute atomic E-state index is 12.2. The van der Waals surface area contributed by atoms with Gasteiger partial charge in [0.15, 0.2) is 0 Å². The Balaban J connectivity index is 2.67. The molecule has 1 rings (SSSR count). The van der Waals surface area contributed by atoms with Crippen LogP contribution in [0.5, 0.6) is 0 Å². The minimum Gasteiger partial charge on any atom is -0.340 e. The van der Waals surface area contributed by atoms with Gasteiger partial charge in [0.2, 0.25) is 5.91 Å². The predicted molar refractivity (Wildman–Crippen MR) is 58.5 cm³/mol. The van der Waals surface area contributed by atoms with E-state index in [1.807, 2.05) is 6.92 Å². The van der Waals surface area contributed by atoms with Gasteiger partial charge in [-0.2, -0.15) is 0 Å². The quantitative estimate of drug-likeness (QED) is 0.781. The summed E-state index contributed by atoms with van der Waals surface area (Å²) in [5.41, 5.74) is -0.446. The van der Waals surface area contributed by atoms with Crippen LogP contribution in [0.25, 0.3) is 0 Å². The number of amides is 1. The molecule has 1 N–H and O–H groups in total. The van der Waals surface area contributed by atoms with Gasteiger partial charge in [-0.25, -0.2) is 8.78 Å². The monoisotopic (exact) mass is 234 g/mol. The molecule has 1 atom stereocenters. The Kier molecular flexibility index (Phi) is 4.65. The van der Waals surface area contributed by atoms with Gasteiger partial charge in [-0.15, -0.1) is 0 Å². The van der Waals surface area contributed by atoms with Crippen molar-refractivity contribution in [2.75, 3.05) is 26.7 Å². The number of hydrogen-bond donors (Lipinski definition) is 1. The second-order valence-electron chi connectivity index (χ2n) is 4.53. The van der Waals surface area contributed by atoms with E-state index in [4.69, 9.17) is 0 Å². The van der Waals surface area contributed by atoms with Crippen LogP contribution in [-0.4, -0.2) is 43.9 Å². The number of nitrogens with zero attached hydrogens (tertiary/aromatic N) is 1. The Bertz CT molecular complexity index is 240. The van der Waals surface area contributed by atoms with E-state index in [1.54, 1.807) is 0 Å². The number of nitrogens with one attached hydrogen (secondary N) is 1. The molecule has 3 nitrogen and oxygen atoms in total. The molecule has 1 aliphatic heterocycles. The van der Waals surface area contributed by atoms with Crippen LogP contribution in [0, 0.1) is 5.41 Å². The third kappa shape index (κ3) is 2.90. The fourth-order valence-corrected chi connectivity index (χ4v) is 2.42. The van der Waals surface area contributed by atoms with Crippen LogP contribution in [-0.2, 0) is 4.79 Å². The van der Waals surface area contributed by atoms with Gasteiger partial charge in [0.05, 0.1) is 12.0 Å². The van der Waals surface area contributed by atoms with E-state index in [0.29, 0.717) is 6.54 Å². The van der Waals surface area contributed by atoms with Crippen LogP contribution in [0.2, 0.25) is 0 Å². The van der Waals surface area contributed by atoms with E-state index >= 15 is 0 Å². The SMILES string of the molecule is CCCC1(C(=O)N(C)CC(F)F)CCNC1. The molecule has 0 aliphatic carbocycles. The topological polar surface area (TPSA) is 32.3 Å². The fourth-order valence-electron chi connectivity index (χ4n) is 2.42. The van der Waals surface area contributed by atoms with E-state index < -0.39 is 18.4 Å². The smallest absolute Gasteiger partial charge is 0.255 e. The first-order valence-corrected chi connectivity index (χ1v) is 5.76. The summed E-state index contributed by atoms with van der Waals surface area (Å²) in [5, 5.41) is 3.15. The number of rotatable bonds is 5. The summed E-state index contributed by atoms with van der Waals surface area (Å²) in [5.74, 6) is -0.139. The van der Waals surface area contributed by atoms with Crippen molar-refractivity contribution < 1.29 is 13.6 Å². The molecule has 0 bridgehead atoms. The maximum Gasteiger partial charge on any atom is 0.255 e. The number of alkyl halides is 2. The van der Waals surface area contributed by atoms with Crippen LogP contribution >= 0.6 is 0 Å². The lowest BCUT2D eigenvalue weighted by Gasteiger charge is -2.31. The lowest BCUT2D eigenvalue weighted by Crippen LogP contribution is -2.45. The molecule has 1 fully saturated rings. The normalized spacial score (nSPS) is 25.1. The van der Waals surface area contributed by atoms with Crippen molar-refractivity contribution in [1.29, 1.82) is 0 Å². The first-order valence-electron chi connectivity index (χ1n) is 5.76. The zero-order valence-electron chi connectivity index (χ0n) is 9.93. The molecule has 0 radical (unpaired) electrons. The third-order valence-electron chi connectivity index (χ3n) is 3.18. The first kappa shape index (κ1) is 13.4. The van der Waals surface area contributed by atoms with E-state index in [9.17, 15) is 13.6 Å². The highest BCUT2D eigenvalue weighted by Gasteiger charge is 2.42. The summed E-state index contributed by atoms with van der Waals surface area (Å²) < 4.78 is 24.5. The van der Waals surface area contributed by atoms with Crippen LogP contribution in [0.3, 0.4) is 0 Å². The Labute approximate surface area is 95.2 Å². The van der Waals surface area contributed by atoms with Crippen LogP contribution in [0.4, 0.5) is 8.78 Å². The molecule has 0 saturated carbocycles. The number of carbonyl (C=O) groups excluding carboxylic acids is 1. The van der Waals surface area contributed by atoms with Crippen molar-refractivity contribution in [1.82, 2.24) is 10.2 Å². The Morgan fingerprint density at radius 1 is 1.56 bits per heavy atom. The number of halogens is 2. The lowest BCUT2D eigenvalue weighted by atomic mass is 9.81. The largest absolute Gasteiger partial charge is 0.340 e. The Morgan fingerprint density at radius 3 is 2.69 bits per heavy atom. The molecule has 1 aliphatic rings. The second-order valence-corrected chi connectivity index (χ2v) is 4.53. The standard InChI is InChI=1S/C11H20F2N2O/c1-3-4-11(5-6-14-8-11)10(16)15(2)7-9(12)13/h9,14H,3-8H2,1-2H3. The van der Waals surface area contributed by atoms with Crippen molar-refractivity contribution in [3.05, 3.63) is 0 Å². The zero-order valence-corrected chi connectivity index (χ0v) is 9.93. The van der Waals surface area contributed by atoms with Gasteiger partial charge in [-0.1, -0.05) is 13.3 Å². The molecule has 1 amide bonds. The summed E-state index contributed by atoms with van der Waals surface area (Å²) >= 11 is 0. The summed E-state index contributed by atoms with van der Waals surface area (Å²) in [6.45, 7) is 2.96. The van der Waals surface area contributed by atoms with E-state index in [1.165, 1.54) is 11.9 Å². The van der Waals surface area contributed by atoms with Crippen molar-refractivity contribution in [2.24, 2.45) is 5.41 Å². The van der Waals surface area contributed by atoms with E-state index in [0.717, 1.165) is 25.8 Å². The zero-order chi connectivity index (χ0) is 12.2. The molecular weight excluding hydrogens is 214 g/mol. The van der Waals surface area contributed by atoms with Crippen molar-refractivity contribution >= 4 is 5.91 Å². The van der Waals surface area contributed by atoms with Crippen molar-refractivity contribution in [3.63, 3.8) is 0 Å². The average molecular weight is 234 g/mol. The lowest BCUT2D eigenvalue weighted by molar-refractivity contribution is -0.142. The van der Waals surface area contributed by atoms with Gasteiger partial charge < -0.3 is 10.2 Å². The molecule has 1 unspecified atom stereocenters. The molecule has 5 heteroatoms. The summed E-state index contributed by atoms with van der Waals surface area (Å²) in [6.07, 6.45) is -0.0303. The highest BCUT2D eigenvalue weighted by atomic mass is 19.3. The second kappa shape index (κ2) is 5.57. The van der Waals surface area contributed by atoms with Crippen LogP contribution in [0.15, 0.2) is 0 Å². The maximum atomic E-state index is 12.2. The number of carbonyl (C=O) groups is 1. The fraction of sp³-hybridized carbons (Fsp3) is 0.909. The van der Waals surface area contributed by atoms with E-state index in [-0.39, 0.29) is 5.91 Å². The Hall–Kier alpha value is -0.710. The highest BCUT2D eigenvalue weighted by molar-refractivity contribution is 5.83. The summed E-state index contributed by atoms with van der Waals surface area (Å²) in [4.78, 5) is 13.3. The van der Waals surface area contributed by atoms with Gasteiger partial charge in [-0.3, -0.25) is 4.79 Å². The van der Waals surface area contributed by atoms with Gasteiger partial charge in [0, 0.05) is 13.6 Å².